The first-order chi connectivity index (χ1) is 8.31. The average molecular weight is 273 g/mol. The van der Waals surface area contributed by atoms with Gasteiger partial charge in [0.1, 0.15) is 5.37 Å². The number of carbonyl (C=O) groups excluding carboxylic acids is 2. The van der Waals surface area contributed by atoms with Gasteiger partial charge in [-0.3, -0.25) is 9.59 Å². The van der Waals surface area contributed by atoms with E-state index in [1.54, 1.807) is 14.0 Å². The molecular weight excluding hydrogens is 250 g/mol. The lowest BCUT2D eigenvalue weighted by Crippen LogP contribution is -2.42. The van der Waals surface area contributed by atoms with Crippen LogP contribution in [0.2, 0.25) is 0 Å². The van der Waals surface area contributed by atoms with Crippen LogP contribution in [0.5, 0.6) is 0 Å². The molecule has 5 heteroatoms. The Labute approximate surface area is 113 Å². The molecule has 0 aromatic heterocycles. The Bertz CT molecular complexity index is 317. The van der Waals surface area contributed by atoms with Gasteiger partial charge in [0.25, 0.3) is 0 Å². The van der Waals surface area contributed by atoms with E-state index in [0.717, 1.165) is 24.6 Å². The summed E-state index contributed by atoms with van der Waals surface area (Å²) in [4.78, 5) is 24.5. The number of aliphatic hydroxyl groups is 1. The number of unbranched alkanes of at least 4 members (excludes halogenated alkanes) is 1. The number of hydrogen-bond acceptors (Lipinski definition) is 4. The molecule has 2 unspecified atom stereocenters. The lowest BCUT2D eigenvalue weighted by molar-refractivity contribution is -0.129. The van der Waals surface area contributed by atoms with Gasteiger partial charge in [-0.05, 0) is 18.9 Å². The van der Waals surface area contributed by atoms with Gasteiger partial charge in [-0.2, -0.15) is 0 Å². The van der Waals surface area contributed by atoms with E-state index in [1.807, 2.05) is 6.92 Å². The van der Waals surface area contributed by atoms with Crippen LogP contribution in [0.25, 0.3) is 0 Å². The van der Waals surface area contributed by atoms with Gasteiger partial charge >= 0.3 is 0 Å². The van der Waals surface area contributed by atoms with E-state index in [9.17, 15) is 14.7 Å². The van der Waals surface area contributed by atoms with Crippen molar-refractivity contribution in [2.24, 2.45) is 0 Å². The van der Waals surface area contributed by atoms with Crippen molar-refractivity contribution in [3.05, 3.63) is 12.2 Å². The van der Waals surface area contributed by atoms with Gasteiger partial charge in [0.2, 0.25) is 11.0 Å². The highest BCUT2D eigenvalue weighted by Gasteiger charge is 2.28. The predicted molar refractivity (Wildman–Crippen MR) is 75.2 cm³/mol. The van der Waals surface area contributed by atoms with Gasteiger partial charge in [-0.25, -0.2) is 0 Å². The Hall–Kier alpha value is -0.810. The van der Waals surface area contributed by atoms with Crippen molar-refractivity contribution < 1.29 is 14.7 Å². The lowest BCUT2D eigenvalue weighted by atomic mass is 10.1. The highest BCUT2D eigenvalue weighted by molar-refractivity contribution is 8.14. The number of aliphatic hydroxyl groups excluding tert-OH is 1. The summed E-state index contributed by atoms with van der Waals surface area (Å²) in [6.45, 7) is 8.65. The maximum atomic E-state index is 11.7. The fourth-order valence-corrected chi connectivity index (χ4v) is 2.38. The van der Waals surface area contributed by atoms with Crippen molar-refractivity contribution in [3.8, 4) is 0 Å². The molecule has 0 bridgehead atoms. The largest absolute Gasteiger partial charge is 0.390 e. The fraction of sp³-hybridized carbons (Fsp3) is 0.692. The second-order valence-corrected chi connectivity index (χ2v) is 5.51. The highest BCUT2D eigenvalue weighted by Crippen LogP contribution is 2.24. The van der Waals surface area contributed by atoms with Gasteiger partial charge in [0.05, 0.1) is 6.10 Å². The van der Waals surface area contributed by atoms with E-state index in [-0.39, 0.29) is 11.0 Å². The minimum absolute atomic E-state index is 0.169. The van der Waals surface area contributed by atoms with Crippen LogP contribution in [-0.2, 0) is 9.59 Å². The topological polar surface area (TPSA) is 57.6 Å². The third kappa shape index (κ3) is 5.69. The van der Waals surface area contributed by atoms with E-state index in [2.05, 4.69) is 6.58 Å². The zero-order valence-electron chi connectivity index (χ0n) is 11.6. The molecule has 0 fully saturated rings. The molecule has 4 nitrogen and oxygen atoms in total. The number of amides is 1. The highest BCUT2D eigenvalue weighted by atomic mass is 32.2. The Balaban J connectivity index is 4.76. The zero-order valence-corrected chi connectivity index (χ0v) is 12.4. The summed E-state index contributed by atoms with van der Waals surface area (Å²) in [5.74, 6) is -0.169. The van der Waals surface area contributed by atoms with Crippen molar-refractivity contribution in [3.63, 3.8) is 0 Å². The molecule has 18 heavy (non-hydrogen) atoms. The molecule has 0 rings (SSSR count). The number of rotatable bonds is 7. The van der Waals surface area contributed by atoms with Crippen LogP contribution >= 0.6 is 11.8 Å². The summed E-state index contributed by atoms with van der Waals surface area (Å²) in [5.41, 5.74) is 0.421. The first kappa shape index (κ1) is 17.2. The Morgan fingerprint density at radius 3 is 2.33 bits per heavy atom. The van der Waals surface area contributed by atoms with Crippen molar-refractivity contribution in [2.45, 2.75) is 51.5 Å². The molecule has 104 valence electrons. The zero-order chi connectivity index (χ0) is 14.3. The SMILES string of the molecule is C=C(C)C(=O)SC(C(O)CCCC)N(C)C(C)=O. The molecule has 0 aliphatic rings. The predicted octanol–water partition coefficient (Wildman–Crippen LogP) is 2.18. The second-order valence-electron chi connectivity index (χ2n) is 4.42. The van der Waals surface area contributed by atoms with Gasteiger partial charge in [0, 0.05) is 14.0 Å². The maximum Gasteiger partial charge on any atom is 0.220 e. The molecule has 0 spiro atoms. The monoisotopic (exact) mass is 273 g/mol. The maximum absolute atomic E-state index is 11.7. The molecule has 0 aromatic carbocycles. The van der Waals surface area contributed by atoms with Crippen LogP contribution in [0.4, 0.5) is 0 Å². The summed E-state index contributed by atoms with van der Waals surface area (Å²) < 4.78 is 0. The summed E-state index contributed by atoms with van der Waals surface area (Å²) >= 11 is 0.964. The number of likely N-dealkylation sites (N-methyl/N-ethyl adjacent to an activating group) is 1. The molecule has 0 radical (unpaired) electrons. The van der Waals surface area contributed by atoms with Gasteiger partial charge in [-0.15, -0.1) is 0 Å². The van der Waals surface area contributed by atoms with E-state index in [4.69, 9.17) is 0 Å². The number of thioether (sulfide) groups is 1. The normalized spacial score (nSPS) is 13.8. The molecule has 2 atom stereocenters. The van der Waals surface area contributed by atoms with Gasteiger partial charge in [-0.1, -0.05) is 38.1 Å². The lowest BCUT2D eigenvalue weighted by Gasteiger charge is -2.30. The molecule has 0 saturated heterocycles. The van der Waals surface area contributed by atoms with Crippen molar-refractivity contribution >= 4 is 22.8 Å². The molecule has 1 N–H and O–H groups in total. The summed E-state index contributed by atoms with van der Waals surface area (Å²) in [6.07, 6.45) is 1.71. The molecule has 0 aromatic rings. The van der Waals surface area contributed by atoms with Crippen LogP contribution in [0.1, 0.15) is 40.0 Å². The molecule has 0 aliphatic carbocycles. The first-order valence-electron chi connectivity index (χ1n) is 6.09. The number of carbonyl (C=O) groups is 2. The quantitative estimate of drug-likeness (QED) is 0.570. The van der Waals surface area contributed by atoms with Crippen LogP contribution in [0.15, 0.2) is 12.2 Å². The molecule has 0 heterocycles. The van der Waals surface area contributed by atoms with Gasteiger partial charge < -0.3 is 10.0 Å². The van der Waals surface area contributed by atoms with Crippen molar-refractivity contribution in [1.29, 1.82) is 0 Å². The van der Waals surface area contributed by atoms with Gasteiger partial charge in [0.15, 0.2) is 0 Å². The minimum atomic E-state index is -0.702. The van der Waals surface area contributed by atoms with E-state index in [0.29, 0.717) is 12.0 Å². The number of nitrogens with zero attached hydrogens (tertiary/aromatic N) is 1. The Morgan fingerprint density at radius 2 is 1.94 bits per heavy atom. The summed E-state index contributed by atoms with van der Waals surface area (Å²) in [6, 6.07) is 0. The third-order valence-corrected chi connectivity index (χ3v) is 4.07. The summed E-state index contributed by atoms with van der Waals surface area (Å²) in [7, 11) is 1.60. The molecular formula is C13H23NO3S. The fourth-order valence-electron chi connectivity index (χ4n) is 1.36. The smallest absolute Gasteiger partial charge is 0.220 e. The number of hydrogen-bond donors (Lipinski definition) is 1. The average Bonchev–Trinajstić information content (AvgIpc) is 2.31. The van der Waals surface area contributed by atoms with Crippen molar-refractivity contribution in [2.75, 3.05) is 7.05 Å². The Morgan fingerprint density at radius 1 is 1.39 bits per heavy atom. The van der Waals surface area contributed by atoms with E-state index < -0.39 is 11.5 Å². The third-order valence-electron chi connectivity index (χ3n) is 2.64. The van der Waals surface area contributed by atoms with E-state index in [1.165, 1.54) is 11.8 Å². The van der Waals surface area contributed by atoms with Crippen molar-refractivity contribution in [1.82, 2.24) is 4.90 Å². The summed E-state index contributed by atoms with van der Waals surface area (Å²) in [5, 5.41) is 9.36. The minimum Gasteiger partial charge on any atom is -0.390 e. The Kier molecular flexibility index (Phi) is 7.95. The van der Waals surface area contributed by atoms with Crippen LogP contribution < -0.4 is 0 Å². The van der Waals surface area contributed by atoms with E-state index >= 15 is 0 Å². The van der Waals surface area contributed by atoms with Crippen LogP contribution in [0, 0.1) is 0 Å². The first-order valence-corrected chi connectivity index (χ1v) is 6.97. The van der Waals surface area contributed by atoms with Crippen LogP contribution in [-0.4, -0.2) is 39.6 Å². The standard InChI is InChI=1S/C13H23NO3S/c1-6-7-8-11(16)12(14(5)10(4)15)18-13(17)9(2)3/h11-12,16H,2,6-8H2,1,3-5H3. The second kappa shape index (κ2) is 8.32. The molecule has 1 amide bonds. The van der Waals surface area contributed by atoms with Crippen LogP contribution in [0.3, 0.4) is 0 Å². The molecule has 0 aliphatic heterocycles. The molecule has 0 saturated carbocycles.